The van der Waals surface area contributed by atoms with Gasteiger partial charge in [0.1, 0.15) is 11.3 Å². The van der Waals surface area contributed by atoms with Crippen molar-refractivity contribution in [2.24, 2.45) is 0 Å². The third-order valence-electron chi connectivity index (χ3n) is 5.41. The molecule has 5 nitrogen and oxygen atoms in total. The number of hydrogen-bond donors (Lipinski definition) is 0. The van der Waals surface area contributed by atoms with Crippen LogP contribution in [0, 0.1) is 0 Å². The molecule has 0 spiro atoms. The molecule has 5 heteroatoms. The number of piperidine rings is 1. The minimum Gasteiger partial charge on any atom is -0.494 e. The van der Waals surface area contributed by atoms with E-state index in [0.29, 0.717) is 23.3 Å². The van der Waals surface area contributed by atoms with Gasteiger partial charge in [0, 0.05) is 12.1 Å². The third-order valence-corrected chi connectivity index (χ3v) is 5.41. The van der Waals surface area contributed by atoms with Crippen LogP contribution >= 0.6 is 0 Å². The Morgan fingerprint density at radius 1 is 1.00 bits per heavy atom. The molecular weight excluding hydrogens is 366 g/mol. The molecule has 2 heterocycles. The first kappa shape index (κ1) is 19.5. The maximum absolute atomic E-state index is 12.7. The smallest absolute Gasteiger partial charge is 0.235 e. The summed E-state index contributed by atoms with van der Waals surface area (Å²) in [5, 5.41) is 0.516. The lowest BCUT2D eigenvalue weighted by atomic mass is 10.1. The van der Waals surface area contributed by atoms with Crippen molar-refractivity contribution in [2.45, 2.75) is 25.7 Å². The molecule has 4 rings (SSSR count). The van der Waals surface area contributed by atoms with Crippen molar-refractivity contribution in [1.29, 1.82) is 0 Å². The molecule has 152 valence electrons. The van der Waals surface area contributed by atoms with E-state index >= 15 is 0 Å². The molecule has 2 aromatic carbocycles. The summed E-state index contributed by atoms with van der Waals surface area (Å²) < 4.78 is 17.2. The van der Waals surface area contributed by atoms with Crippen LogP contribution in [0.4, 0.5) is 0 Å². The standard InChI is InChI=1S/C24H27NO4/c1-27-24-22(26)20-8-3-4-9-21(20)29-23(24)18-10-12-19(13-11-18)28-17-7-16-25-14-5-2-6-15-25/h3-4,8-13H,2,5-7,14-17H2,1H3. The predicted molar refractivity (Wildman–Crippen MR) is 115 cm³/mol. The zero-order valence-electron chi connectivity index (χ0n) is 16.9. The fourth-order valence-electron chi connectivity index (χ4n) is 3.86. The molecule has 1 aliphatic rings. The Balaban J connectivity index is 1.44. The van der Waals surface area contributed by atoms with E-state index in [1.165, 1.54) is 39.5 Å². The van der Waals surface area contributed by atoms with E-state index in [9.17, 15) is 4.79 Å². The van der Waals surface area contributed by atoms with Crippen LogP contribution in [-0.2, 0) is 0 Å². The predicted octanol–water partition coefficient (Wildman–Crippen LogP) is 4.72. The second kappa shape index (κ2) is 9.14. The molecule has 0 N–H and O–H groups in total. The second-order valence-corrected chi connectivity index (χ2v) is 7.42. The second-order valence-electron chi connectivity index (χ2n) is 7.42. The molecular formula is C24H27NO4. The Kier molecular flexibility index (Phi) is 6.15. The van der Waals surface area contributed by atoms with Crippen molar-refractivity contribution < 1.29 is 13.9 Å². The van der Waals surface area contributed by atoms with Gasteiger partial charge in [-0.05, 0) is 68.8 Å². The molecule has 1 aliphatic heterocycles. The van der Waals surface area contributed by atoms with Gasteiger partial charge in [-0.3, -0.25) is 4.79 Å². The number of ether oxygens (including phenoxy) is 2. The van der Waals surface area contributed by atoms with Crippen LogP contribution in [0.5, 0.6) is 11.5 Å². The van der Waals surface area contributed by atoms with Gasteiger partial charge in [-0.1, -0.05) is 18.6 Å². The summed E-state index contributed by atoms with van der Waals surface area (Å²) in [4.78, 5) is 15.2. The summed E-state index contributed by atoms with van der Waals surface area (Å²) >= 11 is 0. The molecule has 0 radical (unpaired) electrons. The van der Waals surface area contributed by atoms with Crippen LogP contribution < -0.4 is 14.9 Å². The fraction of sp³-hybridized carbons (Fsp3) is 0.375. The normalized spacial score (nSPS) is 14.8. The van der Waals surface area contributed by atoms with Crippen molar-refractivity contribution in [3.63, 3.8) is 0 Å². The zero-order chi connectivity index (χ0) is 20.1. The van der Waals surface area contributed by atoms with Crippen molar-refractivity contribution in [2.75, 3.05) is 33.4 Å². The molecule has 1 aromatic heterocycles. The van der Waals surface area contributed by atoms with Crippen molar-refractivity contribution in [3.05, 3.63) is 58.8 Å². The molecule has 3 aromatic rings. The van der Waals surface area contributed by atoms with Gasteiger partial charge < -0.3 is 18.8 Å². The number of para-hydroxylation sites is 1. The first-order valence-electron chi connectivity index (χ1n) is 10.3. The highest BCUT2D eigenvalue weighted by atomic mass is 16.5. The molecule has 0 aliphatic carbocycles. The van der Waals surface area contributed by atoms with E-state index in [1.807, 2.05) is 36.4 Å². The average molecular weight is 393 g/mol. The number of hydrogen-bond acceptors (Lipinski definition) is 5. The molecule has 0 atom stereocenters. The van der Waals surface area contributed by atoms with E-state index < -0.39 is 0 Å². The summed E-state index contributed by atoms with van der Waals surface area (Å²) in [6.45, 7) is 4.22. The van der Waals surface area contributed by atoms with Crippen LogP contribution in [0.2, 0.25) is 0 Å². The Bertz CT molecular complexity index is 1000. The summed E-state index contributed by atoms with van der Waals surface area (Å²) in [6, 6.07) is 14.8. The van der Waals surface area contributed by atoms with Crippen LogP contribution in [0.15, 0.2) is 57.7 Å². The van der Waals surface area contributed by atoms with Crippen LogP contribution in [-0.4, -0.2) is 38.3 Å². The minimum atomic E-state index is -0.164. The van der Waals surface area contributed by atoms with Gasteiger partial charge in [-0.2, -0.15) is 0 Å². The zero-order valence-corrected chi connectivity index (χ0v) is 16.9. The average Bonchev–Trinajstić information content (AvgIpc) is 2.78. The van der Waals surface area contributed by atoms with Gasteiger partial charge in [0.2, 0.25) is 11.2 Å². The number of fused-ring (bicyclic) bond motifs is 1. The Hall–Kier alpha value is -2.79. The Morgan fingerprint density at radius 3 is 2.52 bits per heavy atom. The Labute approximate surface area is 170 Å². The lowest BCUT2D eigenvalue weighted by molar-refractivity contribution is 0.205. The van der Waals surface area contributed by atoms with Gasteiger partial charge >= 0.3 is 0 Å². The first-order chi connectivity index (χ1) is 14.3. The van der Waals surface area contributed by atoms with Gasteiger partial charge in [0.15, 0.2) is 5.76 Å². The summed E-state index contributed by atoms with van der Waals surface area (Å²) in [5.41, 5.74) is 1.17. The van der Waals surface area contributed by atoms with Crippen molar-refractivity contribution in [3.8, 4) is 22.8 Å². The topological polar surface area (TPSA) is 51.9 Å². The first-order valence-corrected chi connectivity index (χ1v) is 10.3. The third kappa shape index (κ3) is 4.46. The highest BCUT2D eigenvalue weighted by Crippen LogP contribution is 2.31. The van der Waals surface area contributed by atoms with Crippen LogP contribution in [0.1, 0.15) is 25.7 Å². The van der Waals surface area contributed by atoms with E-state index in [4.69, 9.17) is 13.9 Å². The Morgan fingerprint density at radius 2 is 1.76 bits per heavy atom. The van der Waals surface area contributed by atoms with Gasteiger partial charge in [-0.15, -0.1) is 0 Å². The van der Waals surface area contributed by atoms with Gasteiger partial charge in [0.05, 0.1) is 19.1 Å². The monoisotopic (exact) mass is 393 g/mol. The number of methoxy groups -OCH3 is 1. The SMILES string of the molecule is COc1c(-c2ccc(OCCCN3CCCCC3)cc2)oc2ccccc2c1=O. The number of likely N-dealkylation sites (tertiary alicyclic amines) is 1. The summed E-state index contributed by atoms with van der Waals surface area (Å²) in [7, 11) is 1.49. The van der Waals surface area contributed by atoms with Crippen LogP contribution in [0.3, 0.4) is 0 Å². The molecule has 1 saturated heterocycles. The molecule has 0 saturated carbocycles. The van der Waals surface area contributed by atoms with E-state index in [1.54, 1.807) is 12.1 Å². The summed E-state index contributed by atoms with van der Waals surface area (Å²) in [5.74, 6) is 1.47. The number of nitrogens with zero attached hydrogens (tertiary/aromatic N) is 1. The fourth-order valence-corrected chi connectivity index (χ4v) is 3.86. The number of benzene rings is 2. The molecule has 29 heavy (non-hydrogen) atoms. The molecule has 0 unspecified atom stereocenters. The van der Waals surface area contributed by atoms with Gasteiger partial charge in [0.25, 0.3) is 0 Å². The maximum Gasteiger partial charge on any atom is 0.235 e. The van der Waals surface area contributed by atoms with E-state index in [-0.39, 0.29) is 11.2 Å². The van der Waals surface area contributed by atoms with Crippen molar-refractivity contribution >= 4 is 11.0 Å². The molecule has 1 fully saturated rings. The van der Waals surface area contributed by atoms with E-state index in [0.717, 1.165) is 24.3 Å². The maximum atomic E-state index is 12.7. The minimum absolute atomic E-state index is 0.164. The lowest BCUT2D eigenvalue weighted by Gasteiger charge is -2.26. The van der Waals surface area contributed by atoms with Crippen LogP contribution in [0.25, 0.3) is 22.3 Å². The largest absolute Gasteiger partial charge is 0.494 e. The number of rotatable bonds is 7. The molecule has 0 bridgehead atoms. The summed E-state index contributed by atoms with van der Waals surface area (Å²) in [6.07, 6.45) is 5.02. The quantitative estimate of drug-likeness (QED) is 0.544. The lowest BCUT2D eigenvalue weighted by Crippen LogP contribution is -2.31. The highest BCUT2D eigenvalue weighted by Gasteiger charge is 2.16. The molecule has 0 amide bonds. The van der Waals surface area contributed by atoms with E-state index in [2.05, 4.69) is 4.90 Å². The highest BCUT2D eigenvalue weighted by molar-refractivity contribution is 5.81. The van der Waals surface area contributed by atoms with Gasteiger partial charge in [-0.25, -0.2) is 0 Å². The van der Waals surface area contributed by atoms with Crippen molar-refractivity contribution in [1.82, 2.24) is 4.90 Å².